The lowest BCUT2D eigenvalue weighted by molar-refractivity contribution is 0.708. The molecule has 5 heteroatoms. The fraction of sp³-hybridized carbons (Fsp3) is 0.250. The van der Waals surface area contributed by atoms with Crippen LogP contribution in [0.15, 0.2) is 36.4 Å². The Hall–Kier alpha value is -3.13. The smallest absolute Gasteiger partial charge is 0.147 e. The van der Waals surface area contributed by atoms with Crippen molar-refractivity contribution >= 4 is 5.82 Å². The summed E-state index contributed by atoms with van der Waals surface area (Å²) in [6.07, 6.45) is 0.870. The summed E-state index contributed by atoms with van der Waals surface area (Å²) < 4.78 is 0. The Labute approximate surface area is 146 Å². The molecule has 0 spiro atoms. The van der Waals surface area contributed by atoms with Crippen LogP contribution in [0.4, 0.5) is 5.82 Å². The SMILES string of the molecule is Cc1cc(C)c(C#N)c(N2CCc3[nH]nc(-c4ccccc4)c3C2)n1. The minimum absolute atomic E-state index is 0.666. The van der Waals surface area contributed by atoms with E-state index in [-0.39, 0.29) is 0 Å². The largest absolute Gasteiger partial charge is 0.351 e. The van der Waals surface area contributed by atoms with E-state index < -0.39 is 0 Å². The molecule has 1 aliphatic heterocycles. The second-order valence-corrected chi connectivity index (χ2v) is 6.46. The molecule has 2 aromatic heterocycles. The quantitative estimate of drug-likeness (QED) is 0.781. The van der Waals surface area contributed by atoms with Crippen molar-refractivity contribution in [1.29, 1.82) is 5.26 Å². The number of nitrogens with one attached hydrogen (secondary N) is 1. The van der Waals surface area contributed by atoms with Gasteiger partial charge in [0.2, 0.25) is 0 Å². The Kier molecular flexibility index (Phi) is 3.73. The molecular formula is C20H19N5. The van der Waals surface area contributed by atoms with Gasteiger partial charge in [0.25, 0.3) is 0 Å². The molecule has 3 heterocycles. The highest BCUT2D eigenvalue weighted by Gasteiger charge is 2.25. The first-order valence-corrected chi connectivity index (χ1v) is 8.42. The summed E-state index contributed by atoms with van der Waals surface area (Å²) in [5.41, 5.74) is 7.05. The molecule has 0 unspecified atom stereocenters. The van der Waals surface area contributed by atoms with Gasteiger partial charge < -0.3 is 4.90 Å². The van der Waals surface area contributed by atoms with Crippen molar-refractivity contribution < 1.29 is 0 Å². The molecule has 0 bridgehead atoms. The van der Waals surface area contributed by atoms with E-state index in [0.717, 1.165) is 41.3 Å². The number of hydrogen-bond donors (Lipinski definition) is 1. The molecule has 0 fully saturated rings. The third kappa shape index (κ3) is 2.66. The van der Waals surface area contributed by atoms with Crippen LogP contribution in [0.3, 0.4) is 0 Å². The third-order valence-corrected chi connectivity index (χ3v) is 4.72. The van der Waals surface area contributed by atoms with E-state index in [1.54, 1.807) is 0 Å². The predicted octanol–water partition coefficient (Wildman–Crippen LogP) is 3.52. The maximum atomic E-state index is 9.57. The molecule has 1 aliphatic rings. The van der Waals surface area contributed by atoms with Gasteiger partial charge in [0.05, 0.1) is 11.3 Å². The minimum atomic E-state index is 0.666. The molecule has 124 valence electrons. The minimum Gasteiger partial charge on any atom is -0.351 e. The lowest BCUT2D eigenvalue weighted by atomic mass is 10.00. The van der Waals surface area contributed by atoms with Crippen molar-refractivity contribution in [1.82, 2.24) is 15.2 Å². The number of nitrogens with zero attached hydrogens (tertiary/aromatic N) is 4. The highest BCUT2D eigenvalue weighted by molar-refractivity contribution is 5.66. The molecule has 0 saturated heterocycles. The number of rotatable bonds is 2. The molecule has 0 radical (unpaired) electrons. The van der Waals surface area contributed by atoms with Gasteiger partial charge in [0.1, 0.15) is 11.9 Å². The molecule has 1 aromatic carbocycles. The van der Waals surface area contributed by atoms with Crippen LogP contribution in [-0.4, -0.2) is 21.7 Å². The van der Waals surface area contributed by atoms with Gasteiger partial charge in [0.15, 0.2) is 0 Å². The Morgan fingerprint density at radius 1 is 1.20 bits per heavy atom. The van der Waals surface area contributed by atoms with Crippen molar-refractivity contribution in [3.05, 3.63) is 64.5 Å². The first-order chi connectivity index (χ1) is 12.2. The lowest BCUT2D eigenvalue weighted by Gasteiger charge is -2.29. The average Bonchev–Trinajstić information content (AvgIpc) is 3.05. The summed E-state index contributed by atoms with van der Waals surface area (Å²) in [6, 6.07) is 14.5. The van der Waals surface area contributed by atoms with E-state index in [1.807, 2.05) is 38.1 Å². The number of aromatic amines is 1. The van der Waals surface area contributed by atoms with E-state index in [2.05, 4.69) is 38.3 Å². The van der Waals surface area contributed by atoms with E-state index in [0.29, 0.717) is 12.1 Å². The zero-order chi connectivity index (χ0) is 17.4. The van der Waals surface area contributed by atoms with Gasteiger partial charge in [-0.05, 0) is 25.5 Å². The Balaban J connectivity index is 1.75. The van der Waals surface area contributed by atoms with Crippen molar-refractivity contribution in [2.75, 3.05) is 11.4 Å². The van der Waals surface area contributed by atoms with Crippen LogP contribution >= 0.6 is 0 Å². The number of anilines is 1. The summed E-state index contributed by atoms with van der Waals surface area (Å²) in [5.74, 6) is 0.783. The Bertz CT molecular complexity index is 966. The molecule has 25 heavy (non-hydrogen) atoms. The van der Waals surface area contributed by atoms with Crippen LogP contribution in [0.2, 0.25) is 0 Å². The number of benzene rings is 1. The van der Waals surface area contributed by atoms with Crippen LogP contribution in [0.1, 0.15) is 28.1 Å². The number of pyridine rings is 1. The van der Waals surface area contributed by atoms with Crippen LogP contribution in [0.5, 0.6) is 0 Å². The molecule has 5 nitrogen and oxygen atoms in total. The monoisotopic (exact) mass is 329 g/mol. The van der Waals surface area contributed by atoms with E-state index in [4.69, 9.17) is 0 Å². The van der Waals surface area contributed by atoms with Crippen LogP contribution in [0, 0.1) is 25.2 Å². The topological polar surface area (TPSA) is 68.6 Å². The average molecular weight is 329 g/mol. The van der Waals surface area contributed by atoms with Gasteiger partial charge in [-0.15, -0.1) is 0 Å². The zero-order valence-electron chi connectivity index (χ0n) is 14.4. The molecule has 0 aliphatic carbocycles. The summed E-state index contributed by atoms with van der Waals surface area (Å²) >= 11 is 0. The molecule has 0 atom stereocenters. The van der Waals surface area contributed by atoms with E-state index >= 15 is 0 Å². The summed E-state index contributed by atoms with van der Waals surface area (Å²) in [6.45, 7) is 5.48. The fourth-order valence-electron chi connectivity index (χ4n) is 3.49. The zero-order valence-corrected chi connectivity index (χ0v) is 14.4. The van der Waals surface area contributed by atoms with Crippen molar-refractivity contribution in [2.24, 2.45) is 0 Å². The summed E-state index contributed by atoms with van der Waals surface area (Å²) in [5, 5.41) is 17.3. The van der Waals surface area contributed by atoms with Crippen molar-refractivity contribution in [2.45, 2.75) is 26.8 Å². The number of fused-ring (bicyclic) bond motifs is 1. The highest BCUT2D eigenvalue weighted by Crippen LogP contribution is 2.31. The first-order valence-electron chi connectivity index (χ1n) is 8.42. The van der Waals surface area contributed by atoms with Gasteiger partial charge in [-0.25, -0.2) is 4.98 Å². The van der Waals surface area contributed by atoms with Gasteiger partial charge in [-0.3, -0.25) is 5.10 Å². The highest BCUT2D eigenvalue weighted by atomic mass is 15.2. The molecule has 0 saturated carbocycles. The number of H-pyrrole nitrogens is 1. The third-order valence-electron chi connectivity index (χ3n) is 4.72. The van der Waals surface area contributed by atoms with Gasteiger partial charge >= 0.3 is 0 Å². The molecule has 0 amide bonds. The van der Waals surface area contributed by atoms with Crippen LogP contribution in [0.25, 0.3) is 11.3 Å². The van der Waals surface area contributed by atoms with Crippen molar-refractivity contribution in [3.63, 3.8) is 0 Å². The van der Waals surface area contributed by atoms with Gasteiger partial charge in [-0.2, -0.15) is 10.4 Å². The normalized spacial score (nSPS) is 13.4. The molecule has 1 N–H and O–H groups in total. The van der Waals surface area contributed by atoms with E-state index in [1.165, 1.54) is 11.3 Å². The number of nitriles is 1. The lowest BCUT2D eigenvalue weighted by Crippen LogP contribution is -2.32. The predicted molar refractivity (Wildman–Crippen MR) is 97.2 cm³/mol. The van der Waals surface area contributed by atoms with Gasteiger partial charge in [0, 0.05) is 42.0 Å². The maximum absolute atomic E-state index is 9.57. The Morgan fingerprint density at radius 2 is 2.00 bits per heavy atom. The summed E-state index contributed by atoms with van der Waals surface area (Å²) in [4.78, 5) is 6.86. The molecular weight excluding hydrogens is 310 g/mol. The van der Waals surface area contributed by atoms with E-state index in [9.17, 15) is 5.26 Å². The fourth-order valence-corrected chi connectivity index (χ4v) is 3.49. The molecule has 3 aromatic rings. The number of hydrogen-bond acceptors (Lipinski definition) is 4. The maximum Gasteiger partial charge on any atom is 0.147 e. The van der Waals surface area contributed by atoms with Gasteiger partial charge in [-0.1, -0.05) is 30.3 Å². The van der Waals surface area contributed by atoms with Crippen molar-refractivity contribution in [3.8, 4) is 17.3 Å². The standard InChI is InChI=1S/C20H19N5/c1-13-10-14(2)22-20(16(13)11-21)25-9-8-18-17(12-25)19(24-23-18)15-6-4-3-5-7-15/h3-7,10H,8-9,12H2,1-2H3,(H,23,24). The second-order valence-electron chi connectivity index (χ2n) is 6.46. The number of aryl methyl sites for hydroxylation is 2. The summed E-state index contributed by atoms with van der Waals surface area (Å²) in [7, 11) is 0. The van der Waals surface area contributed by atoms with Crippen LogP contribution < -0.4 is 4.90 Å². The molecule has 4 rings (SSSR count). The Morgan fingerprint density at radius 3 is 2.76 bits per heavy atom. The first kappa shape index (κ1) is 15.4. The second kappa shape index (κ2) is 6.06. The number of aromatic nitrogens is 3. The van der Waals surface area contributed by atoms with Crippen LogP contribution in [-0.2, 0) is 13.0 Å².